The van der Waals surface area contributed by atoms with Gasteiger partial charge < -0.3 is 10.5 Å². The van der Waals surface area contributed by atoms with Gasteiger partial charge in [-0.25, -0.2) is 0 Å². The third-order valence-corrected chi connectivity index (χ3v) is 1.94. The van der Waals surface area contributed by atoms with Gasteiger partial charge in [0.1, 0.15) is 0 Å². The van der Waals surface area contributed by atoms with Gasteiger partial charge in [0.2, 0.25) is 0 Å². The van der Waals surface area contributed by atoms with E-state index in [9.17, 15) is 0 Å². The summed E-state index contributed by atoms with van der Waals surface area (Å²) in [6, 6.07) is 7.33. The highest BCUT2D eigenvalue weighted by Crippen LogP contribution is 2.22. The van der Waals surface area contributed by atoms with Crippen molar-refractivity contribution in [2.24, 2.45) is 10.7 Å². The number of halogens is 1. The molecule has 1 rings (SSSR count). The van der Waals surface area contributed by atoms with Crippen LogP contribution in [0.15, 0.2) is 41.2 Å². The Kier molecular flexibility index (Phi) is 4.71. The number of nitrogens with two attached hydrogens (primary N) is 1. The number of aliphatic imine (C=N–C) groups is 1. The molecular weight excluding hydrogens is 212 g/mol. The zero-order valence-electron chi connectivity index (χ0n) is 8.48. The van der Waals surface area contributed by atoms with Crippen LogP contribution < -0.4 is 5.73 Å². The Labute approximate surface area is 94.2 Å². The Balaban J connectivity index is 2.66. The lowest BCUT2D eigenvalue weighted by Gasteiger charge is -1.99. The number of ether oxygens (including phenoxy) is 1. The van der Waals surface area contributed by atoms with E-state index in [-0.39, 0.29) is 0 Å². The van der Waals surface area contributed by atoms with Crippen molar-refractivity contribution >= 4 is 23.5 Å². The number of allylic oxidation sites excluding steroid dienone is 1. The average molecular weight is 225 g/mol. The Morgan fingerprint density at radius 3 is 2.93 bits per heavy atom. The van der Waals surface area contributed by atoms with Gasteiger partial charge in [-0.3, -0.25) is 4.99 Å². The molecule has 0 amide bonds. The Morgan fingerprint density at radius 2 is 2.27 bits per heavy atom. The first-order valence-corrected chi connectivity index (χ1v) is 4.99. The number of hydrogen-bond acceptors (Lipinski definition) is 3. The SMILES string of the molecule is CCOC(N)=CC=Nc1ccccc1Cl. The summed E-state index contributed by atoms with van der Waals surface area (Å²) < 4.78 is 5.02. The molecule has 0 bridgehead atoms. The van der Waals surface area contributed by atoms with Crippen LogP contribution in [0.2, 0.25) is 5.02 Å². The van der Waals surface area contributed by atoms with Gasteiger partial charge in [0.15, 0.2) is 5.88 Å². The monoisotopic (exact) mass is 224 g/mol. The molecule has 15 heavy (non-hydrogen) atoms. The van der Waals surface area contributed by atoms with E-state index in [4.69, 9.17) is 22.1 Å². The van der Waals surface area contributed by atoms with E-state index in [1.807, 2.05) is 25.1 Å². The van der Waals surface area contributed by atoms with Crippen LogP contribution in [0.5, 0.6) is 0 Å². The van der Waals surface area contributed by atoms with Crippen LogP contribution >= 0.6 is 11.6 Å². The van der Waals surface area contributed by atoms with Gasteiger partial charge in [0.05, 0.1) is 17.3 Å². The van der Waals surface area contributed by atoms with Crippen LogP contribution in [-0.4, -0.2) is 12.8 Å². The second-order valence-corrected chi connectivity index (χ2v) is 3.14. The Bertz CT molecular complexity index is 375. The number of hydrogen-bond donors (Lipinski definition) is 1. The van der Waals surface area contributed by atoms with E-state index < -0.39 is 0 Å². The highest BCUT2D eigenvalue weighted by molar-refractivity contribution is 6.33. The van der Waals surface area contributed by atoms with E-state index in [2.05, 4.69) is 4.99 Å². The minimum atomic E-state index is 0.341. The number of rotatable bonds is 4. The van der Waals surface area contributed by atoms with Crippen molar-refractivity contribution in [3.05, 3.63) is 41.2 Å². The minimum Gasteiger partial charge on any atom is -0.480 e. The van der Waals surface area contributed by atoms with Gasteiger partial charge in [-0.1, -0.05) is 23.7 Å². The molecule has 0 unspecified atom stereocenters. The molecule has 0 spiro atoms. The maximum absolute atomic E-state index is 5.90. The molecule has 1 aromatic carbocycles. The summed E-state index contributed by atoms with van der Waals surface area (Å²) in [6.45, 7) is 2.41. The van der Waals surface area contributed by atoms with Crippen molar-refractivity contribution in [2.75, 3.05) is 6.61 Å². The maximum Gasteiger partial charge on any atom is 0.185 e. The van der Waals surface area contributed by atoms with Crippen LogP contribution in [0, 0.1) is 0 Å². The van der Waals surface area contributed by atoms with Crippen LogP contribution in [0.4, 0.5) is 5.69 Å². The predicted octanol–water partition coefficient (Wildman–Crippen LogP) is 2.88. The summed E-state index contributed by atoms with van der Waals surface area (Å²) in [7, 11) is 0. The first-order valence-electron chi connectivity index (χ1n) is 4.61. The van der Waals surface area contributed by atoms with Gasteiger partial charge >= 0.3 is 0 Å². The van der Waals surface area contributed by atoms with Gasteiger partial charge in [-0.05, 0) is 19.1 Å². The Hall–Kier alpha value is -1.48. The van der Waals surface area contributed by atoms with E-state index in [1.165, 1.54) is 0 Å². The van der Waals surface area contributed by atoms with Crippen molar-refractivity contribution in [3.8, 4) is 0 Å². The van der Waals surface area contributed by atoms with Gasteiger partial charge in [-0.2, -0.15) is 0 Å². The fourth-order valence-corrected chi connectivity index (χ4v) is 1.15. The molecule has 0 aliphatic rings. The zero-order valence-corrected chi connectivity index (χ0v) is 9.24. The zero-order chi connectivity index (χ0) is 11.1. The second-order valence-electron chi connectivity index (χ2n) is 2.73. The molecule has 4 heteroatoms. The number of para-hydroxylation sites is 1. The smallest absolute Gasteiger partial charge is 0.185 e. The van der Waals surface area contributed by atoms with E-state index in [1.54, 1.807) is 18.4 Å². The molecule has 80 valence electrons. The van der Waals surface area contributed by atoms with E-state index >= 15 is 0 Å². The first-order chi connectivity index (χ1) is 7.24. The van der Waals surface area contributed by atoms with Crippen LogP contribution in [0.3, 0.4) is 0 Å². The highest BCUT2D eigenvalue weighted by atomic mass is 35.5. The summed E-state index contributed by atoms with van der Waals surface area (Å²) in [6.07, 6.45) is 3.15. The molecule has 0 saturated heterocycles. The fourth-order valence-electron chi connectivity index (χ4n) is 0.962. The summed E-state index contributed by atoms with van der Waals surface area (Å²) >= 11 is 5.90. The van der Waals surface area contributed by atoms with Crippen LogP contribution in [0.25, 0.3) is 0 Å². The lowest BCUT2D eigenvalue weighted by molar-refractivity contribution is 0.227. The third-order valence-electron chi connectivity index (χ3n) is 1.62. The molecule has 0 fully saturated rings. The number of benzene rings is 1. The largest absolute Gasteiger partial charge is 0.480 e. The lowest BCUT2D eigenvalue weighted by Crippen LogP contribution is -2.02. The summed E-state index contributed by atoms with van der Waals surface area (Å²) in [5, 5.41) is 0.608. The second kappa shape index (κ2) is 6.09. The van der Waals surface area contributed by atoms with Crippen molar-refractivity contribution in [1.82, 2.24) is 0 Å². The molecule has 0 atom stereocenters. The number of nitrogens with zero attached hydrogens (tertiary/aromatic N) is 1. The van der Waals surface area contributed by atoms with Gasteiger partial charge in [0, 0.05) is 12.3 Å². The molecular formula is C11H13ClN2O. The first kappa shape index (κ1) is 11.6. The quantitative estimate of drug-likeness (QED) is 0.632. The molecule has 0 heterocycles. The predicted molar refractivity (Wildman–Crippen MR) is 63.5 cm³/mol. The van der Waals surface area contributed by atoms with E-state index in [0.29, 0.717) is 23.2 Å². The molecule has 3 nitrogen and oxygen atoms in total. The highest BCUT2D eigenvalue weighted by Gasteiger charge is 1.93. The molecule has 1 aromatic rings. The molecule has 2 N–H and O–H groups in total. The van der Waals surface area contributed by atoms with E-state index in [0.717, 1.165) is 0 Å². The van der Waals surface area contributed by atoms with Gasteiger partial charge in [-0.15, -0.1) is 0 Å². The van der Waals surface area contributed by atoms with Crippen molar-refractivity contribution in [2.45, 2.75) is 6.92 Å². The summed E-state index contributed by atoms with van der Waals surface area (Å²) in [4.78, 5) is 4.13. The molecule has 0 saturated carbocycles. The van der Waals surface area contributed by atoms with Gasteiger partial charge in [0.25, 0.3) is 0 Å². The third kappa shape index (κ3) is 4.04. The van der Waals surface area contributed by atoms with Crippen molar-refractivity contribution in [3.63, 3.8) is 0 Å². The van der Waals surface area contributed by atoms with Crippen LogP contribution in [0.1, 0.15) is 6.92 Å². The Morgan fingerprint density at radius 1 is 1.53 bits per heavy atom. The average Bonchev–Trinajstić information content (AvgIpc) is 2.21. The summed E-state index contributed by atoms with van der Waals surface area (Å²) in [5.74, 6) is 0.341. The maximum atomic E-state index is 5.90. The molecule has 0 aliphatic heterocycles. The van der Waals surface area contributed by atoms with Crippen LogP contribution in [-0.2, 0) is 4.74 Å². The van der Waals surface area contributed by atoms with Crippen molar-refractivity contribution in [1.29, 1.82) is 0 Å². The topological polar surface area (TPSA) is 47.6 Å². The summed E-state index contributed by atoms with van der Waals surface area (Å²) in [5.41, 5.74) is 6.21. The normalized spacial score (nSPS) is 12.0. The minimum absolute atomic E-state index is 0.341. The lowest BCUT2D eigenvalue weighted by atomic mass is 10.3. The van der Waals surface area contributed by atoms with Crippen molar-refractivity contribution < 1.29 is 4.74 Å². The molecule has 0 aromatic heterocycles. The fraction of sp³-hybridized carbons (Fsp3) is 0.182. The standard InChI is InChI=1S/C11H13ClN2O/c1-2-15-11(13)7-8-14-10-6-4-3-5-9(10)12/h3-8H,2,13H2,1H3. The molecule has 0 radical (unpaired) electrons. The molecule has 0 aliphatic carbocycles.